The van der Waals surface area contributed by atoms with Crippen LogP contribution in [0, 0.1) is 5.92 Å². The predicted molar refractivity (Wildman–Crippen MR) is 43.9 cm³/mol. The van der Waals surface area contributed by atoms with Gasteiger partial charge in [0.05, 0.1) is 20.1 Å². The van der Waals surface area contributed by atoms with E-state index in [9.17, 15) is 9.59 Å². The fourth-order valence-corrected chi connectivity index (χ4v) is 1.48. The van der Waals surface area contributed by atoms with Gasteiger partial charge in [0.15, 0.2) is 0 Å². The first kappa shape index (κ1) is 9.98. The van der Waals surface area contributed by atoms with Crippen LogP contribution < -0.4 is 5.32 Å². The molecule has 0 unspecified atom stereocenters. The van der Waals surface area contributed by atoms with Gasteiger partial charge in [0, 0.05) is 0 Å². The van der Waals surface area contributed by atoms with E-state index in [0.717, 1.165) is 0 Å². The van der Waals surface area contributed by atoms with Gasteiger partial charge in [-0.1, -0.05) is 0 Å². The number of methoxy groups -OCH3 is 2. The van der Waals surface area contributed by atoms with E-state index in [-0.39, 0.29) is 5.97 Å². The molecule has 0 aliphatic carbocycles. The van der Waals surface area contributed by atoms with Crippen LogP contribution in [0.25, 0.3) is 0 Å². The summed E-state index contributed by atoms with van der Waals surface area (Å²) < 4.78 is 9.12. The van der Waals surface area contributed by atoms with Crippen LogP contribution in [0.1, 0.15) is 6.42 Å². The molecule has 0 aromatic carbocycles. The van der Waals surface area contributed by atoms with Crippen molar-refractivity contribution < 1.29 is 19.1 Å². The average Bonchev–Trinajstić information content (AvgIpc) is 2.63. The Morgan fingerprint density at radius 3 is 2.38 bits per heavy atom. The highest BCUT2D eigenvalue weighted by atomic mass is 16.5. The molecule has 1 aliphatic heterocycles. The van der Waals surface area contributed by atoms with Gasteiger partial charge in [0.1, 0.15) is 6.04 Å². The van der Waals surface area contributed by atoms with Crippen LogP contribution in [0.15, 0.2) is 0 Å². The molecule has 1 N–H and O–H groups in total. The number of hydrogen-bond donors (Lipinski definition) is 1. The first-order valence-corrected chi connectivity index (χ1v) is 4.09. The maximum atomic E-state index is 11.2. The maximum Gasteiger partial charge on any atom is 0.323 e. The van der Waals surface area contributed by atoms with E-state index in [1.54, 1.807) is 0 Å². The molecule has 2 atom stereocenters. The van der Waals surface area contributed by atoms with Gasteiger partial charge < -0.3 is 14.8 Å². The zero-order valence-electron chi connectivity index (χ0n) is 7.70. The third-order valence-corrected chi connectivity index (χ3v) is 2.18. The van der Waals surface area contributed by atoms with E-state index in [0.29, 0.717) is 13.0 Å². The number of carbonyl (C=O) groups excluding carboxylic acids is 2. The fraction of sp³-hybridized carbons (Fsp3) is 0.750. The summed E-state index contributed by atoms with van der Waals surface area (Å²) >= 11 is 0. The molecule has 1 saturated heterocycles. The molecule has 0 saturated carbocycles. The lowest BCUT2D eigenvalue weighted by Crippen LogP contribution is -2.39. The highest BCUT2D eigenvalue weighted by Crippen LogP contribution is 2.17. The Hall–Kier alpha value is -1.10. The van der Waals surface area contributed by atoms with Crippen molar-refractivity contribution in [1.29, 1.82) is 0 Å². The standard InChI is InChI=1S/C8H13NO4/c1-12-7(10)5-3-4-9-6(5)8(11)13-2/h5-6,9H,3-4H2,1-2H3/t5-,6+/m1/s1. The molecule has 5 heteroatoms. The van der Waals surface area contributed by atoms with E-state index >= 15 is 0 Å². The summed E-state index contributed by atoms with van der Waals surface area (Å²) in [6, 6.07) is -0.544. The van der Waals surface area contributed by atoms with E-state index in [4.69, 9.17) is 0 Å². The van der Waals surface area contributed by atoms with Gasteiger partial charge in [-0.3, -0.25) is 9.59 Å². The minimum Gasteiger partial charge on any atom is -0.469 e. The minimum absolute atomic E-state index is 0.361. The minimum atomic E-state index is -0.544. The van der Waals surface area contributed by atoms with Crippen molar-refractivity contribution >= 4 is 11.9 Å². The number of carbonyl (C=O) groups is 2. The number of ether oxygens (including phenoxy) is 2. The van der Waals surface area contributed by atoms with E-state index in [1.807, 2.05) is 0 Å². The van der Waals surface area contributed by atoms with Crippen LogP contribution >= 0.6 is 0 Å². The molecule has 74 valence electrons. The molecule has 13 heavy (non-hydrogen) atoms. The molecule has 0 bridgehead atoms. The van der Waals surface area contributed by atoms with Gasteiger partial charge in [-0.15, -0.1) is 0 Å². The van der Waals surface area contributed by atoms with Crippen LogP contribution in [0.3, 0.4) is 0 Å². The van der Waals surface area contributed by atoms with Crippen LogP contribution in [0.5, 0.6) is 0 Å². The lowest BCUT2D eigenvalue weighted by atomic mass is 10.0. The third-order valence-electron chi connectivity index (χ3n) is 2.18. The average molecular weight is 187 g/mol. The van der Waals surface area contributed by atoms with Gasteiger partial charge in [-0.05, 0) is 13.0 Å². The summed E-state index contributed by atoms with van der Waals surface area (Å²) in [5.74, 6) is -1.18. The largest absolute Gasteiger partial charge is 0.469 e. The van der Waals surface area contributed by atoms with E-state index < -0.39 is 17.9 Å². The Balaban J connectivity index is 2.63. The topological polar surface area (TPSA) is 64.6 Å². The Bertz CT molecular complexity index is 194. The molecule has 1 heterocycles. The Morgan fingerprint density at radius 1 is 1.23 bits per heavy atom. The monoisotopic (exact) mass is 187 g/mol. The first-order valence-electron chi connectivity index (χ1n) is 4.09. The summed E-state index contributed by atoms with van der Waals surface area (Å²) in [6.45, 7) is 0.638. The molecular formula is C8H13NO4. The van der Waals surface area contributed by atoms with Gasteiger partial charge >= 0.3 is 11.9 Å². The van der Waals surface area contributed by atoms with Crippen LogP contribution in [0.4, 0.5) is 0 Å². The second-order valence-electron chi connectivity index (χ2n) is 2.87. The molecule has 1 aliphatic rings. The molecule has 0 aromatic heterocycles. The summed E-state index contributed by atoms with van der Waals surface area (Å²) in [5.41, 5.74) is 0. The summed E-state index contributed by atoms with van der Waals surface area (Å²) in [5, 5.41) is 2.90. The van der Waals surface area contributed by atoms with Crippen molar-refractivity contribution in [1.82, 2.24) is 5.32 Å². The number of hydrogen-bond acceptors (Lipinski definition) is 5. The molecule has 0 radical (unpaired) electrons. The SMILES string of the molecule is COC(=O)[C@H]1NCC[C@H]1C(=O)OC. The number of esters is 2. The highest BCUT2D eigenvalue weighted by molar-refractivity contribution is 5.85. The van der Waals surface area contributed by atoms with Crippen molar-refractivity contribution in [2.24, 2.45) is 5.92 Å². The second kappa shape index (κ2) is 4.23. The summed E-state index contributed by atoms with van der Waals surface area (Å²) in [7, 11) is 2.62. The molecule has 0 spiro atoms. The summed E-state index contributed by atoms with van der Waals surface area (Å²) in [6.07, 6.45) is 0.617. The highest BCUT2D eigenvalue weighted by Gasteiger charge is 2.38. The zero-order valence-corrected chi connectivity index (χ0v) is 7.70. The number of nitrogens with one attached hydrogen (secondary N) is 1. The second-order valence-corrected chi connectivity index (χ2v) is 2.87. The molecule has 5 nitrogen and oxygen atoms in total. The smallest absolute Gasteiger partial charge is 0.323 e. The van der Waals surface area contributed by atoms with Crippen molar-refractivity contribution in [2.45, 2.75) is 12.5 Å². The van der Waals surface area contributed by atoms with Gasteiger partial charge in [-0.2, -0.15) is 0 Å². The third kappa shape index (κ3) is 1.98. The molecular weight excluding hydrogens is 174 g/mol. The normalized spacial score (nSPS) is 26.9. The van der Waals surface area contributed by atoms with Gasteiger partial charge in [0.2, 0.25) is 0 Å². The number of rotatable bonds is 2. The predicted octanol–water partition coefficient (Wildman–Crippen LogP) is -0.690. The van der Waals surface area contributed by atoms with Crippen molar-refractivity contribution in [3.63, 3.8) is 0 Å². The van der Waals surface area contributed by atoms with Gasteiger partial charge in [-0.25, -0.2) is 0 Å². The Morgan fingerprint density at radius 2 is 1.85 bits per heavy atom. The molecule has 0 amide bonds. The Labute approximate surface area is 76.4 Å². The molecule has 1 fully saturated rings. The van der Waals surface area contributed by atoms with Crippen LogP contribution in [-0.2, 0) is 19.1 Å². The van der Waals surface area contributed by atoms with Gasteiger partial charge in [0.25, 0.3) is 0 Å². The zero-order chi connectivity index (χ0) is 9.84. The Kier molecular flexibility index (Phi) is 3.25. The molecule has 1 rings (SSSR count). The quantitative estimate of drug-likeness (QED) is 0.580. The van der Waals surface area contributed by atoms with Crippen molar-refractivity contribution in [3.8, 4) is 0 Å². The maximum absolute atomic E-state index is 11.2. The van der Waals surface area contributed by atoms with E-state index in [1.165, 1.54) is 14.2 Å². The van der Waals surface area contributed by atoms with E-state index in [2.05, 4.69) is 14.8 Å². The first-order chi connectivity index (χ1) is 6.20. The van der Waals surface area contributed by atoms with Crippen molar-refractivity contribution in [3.05, 3.63) is 0 Å². The fourth-order valence-electron chi connectivity index (χ4n) is 1.48. The van der Waals surface area contributed by atoms with Crippen LogP contribution in [-0.4, -0.2) is 38.7 Å². The lowest BCUT2D eigenvalue weighted by molar-refractivity contribution is -0.153. The van der Waals surface area contributed by atoms with Crippen LogP contribution in [0.2, 0.25) is 0 Å². The summed E-state index contributed by atoms with van der Waals surface area (Å²) in [4.78, 5) is 22.3. The van der Waals surface area contributed by atoms with Crippen molar-refractivity contribution in [2.75, 3.05) is 20.8 Å². The lowest BCUT2D eigenvalue weighted by Gasteiger charge is -2.14. The molecule has 0 aromatic rings.